The summed E-state index contributed by atoms with van der Waals surface area (Å²) in [6, 6.07) is 83.8. The van der Waals surface area contributed by atoms with Gasteiger partial charge in [0.05, 0.1) is 10.8 Å². The van der Waals surface area contributed by atoms with Gasteiger partial charge in [0.25, 0.3) is 0 Å². The second-order valence-electron chi connectivity index (χ2n) is 47.3. The third-order valence-electron chi connectivity index (χ3n) is 42.2. The number of nitrogens with one attached hydrogen (secondary N) is 1. The number of hydrogen-bond acceptors (Lipinski definition) is 1. The summed E-state index contributed by atoms with van der Waals surface area (Å²) in [7, 11) is 0. The molecular weight excluding hydrogens is 1640 g/mol. The van der Waals surface area contributed by atoms with Crippen molar-refractivity contribution in [3.8, 4) is 44.5 Å². The van der Waals surface area contributed by atoms with Gasteiger partial charge in [0, 0.05) is 15.8 Å². The zero-order valence-corrected chi connectivity index (χ0v) is 80.8. The third kappa shape index (κ3) is 11.3. The molecule has 18 aliphatic rings. The van der Waals surface area contributed by atoms with Crippen molar-refractivity contribution in [2.24, 2.45) is 142 Å². The number of anilines is 2. The smallest absolute Gasteiger partial charge is 0.0714 e. The standard InChI is InChI=1S/C129H140BrN/c1-6-10-14-18-22-26-30-73-36-44-77(45-37-73)128(78-46-38-74(39-47-78)31-27-23-19-15-11-7-2)104-68-90-84-56-52-81(130)62-96(84)108(100-66-102-110(100)118-116(102)124-120-112-86-58-60-88(86)114(112)122(120)126(118)124)98(90)64-92(104)94-70-107-95(71-106(94)128)93-65-99-91(69-105(93)129(107,79-48-40-75(41-49-79)32-28-24-20-16-12-8-3)80-50-42-76(43-51-80)33-29-25-21-17-13-9-4)85-57-55-83(131-82-53-34-72(5)35-54-82)63-97(85)109(99)101-67-103-111(101)119-117(103)125-121-113-87-59-61-89(87)115(113)123(121)127(119)125/h34-57,62-65,68-71,86-89,102-103,110-127,131H,6-33,58-61,66-67H2,1-5H3/b108-100-,109-101-. The van der Waals surface area contributed by atoms with Crippen LogP contribution in [0.1, 0.15) is 315 Å². The van der Waals surface area contributed by atoms with Gasteiger partial charge in [-0.2, -0.15) is 0 Å². The van der Waals surface area contributed by atoms with Gasteiger partial charge in [0.1, 0.15) is 0 Å². The van der Waals surface area contributed by atoms with Crippen LogP contribution in [-0.4, -0.2) is 0 Å². The summed E-state index contributed by atoms with van der Waals surface area (Å²) in [6.07, 6.45) is 44.7. The van der Waals surface area contributed by atoms with Crippen LogP contribution < -0.4 is 5.32 Å². The van der Waals surface area contributed by atoms with E-state index < -0.39 is 10.8 Å². The van der Waals surface area contributed by atoms with Gasteiger partial charge in [-0.25, -0.2) is 0 Å². The maximum absolute atomic E-state index is 4.21. The van der Waals surface area contributed by atoms with E-state index in [0.717, 1.165) is 173 Å². The van der Waals surface area contributed by atoms with E-state index in [9.17, 15) is 0 Å². The van der Waals surface area contributed by atoms with Crippen LogP contribution in [-0.2, 0) is 36.5 Å². The molecule has 10 aromatic rings. The molecule has 24 atom stereocenters. The van der Waals surface area contributed by atoms with Crippen molar-refractivity contribution in [1.29, 1.82) is 0 Å². The lowest BCUT2D eigenvalue weighted by molar-refractivity contribution is -0.434. The maximum Gasteiger partial charge on any atom is 0.0714 e. The molecule has 0 aliphatic heterocycles. The molecule has 24 unspecified atom stereocenters. The molecule has 131 heavy (non-hydrogen) atoms. The van der Waals surface area contributed by atoms with Gasteiger partial charge >= 0.3 is 0 Å². The van der Waals surface area contributed by atoms with E-state index in [4.69, 9.17) is 0 Å². The summed E-state index contributed by atoms with van der Waals surface area (Å²) >= 11 is 4.21. The quantitative estimate of drug-likeness (QED) is 0.0313. The highest BCUT2D eigenvalue weighted by Gasteiger charge is 2.89. The highest BCUT2D eigenvalue weighted by molar-refractivity contribution is 9.10. The van der Waals surface area contributed by atoms with Crippen molar-refractivity contribution in [2.45, 2.75) is 264 Å². The number of unbranched alkanes of at least 4 members (excludes halogenated alkanes) is 20. The number of fused-ring (bicyclic) bond motifs is 44. The van der Waals surface area contributed by atoms with E-state index >= 15 is 0 Å². The molecule has 0 heterocycles. The Morgan fingerprint density at radius 2 is 0.542 bits per heavy atom. The van der Waals surface area contributed by atoms with E-state index in [1.54, 1.807) is 24.0 Å². The highest BCUT2D eigenvalue weighted by atomic mass is 79.9. The first-order valence-electron chi connectivity index (χ1n) is 54.9. The van der Waals surface area contributed by atoms with Crippen LogP contribution in [0.5, 0.6) is 0 Å². The Labute approximate surface area is 792 Å². The molecule has 0 amide bonds. The van der Waals surface area contributed by atoms with Crippen LogP contribution in [0.25, 0.3) is 55.7 Å². The molecule has 28 rings (SSSR count). The second kappa shape index (κ2) is 31.3. The molecule has 1 N–H and O–H groups in total. The summed E-state index contributed by atoms with van der Waals surface area (Å²) in [5.74, 6) is 24.2. The maximum atomic E-state index is 4.21. The van der Waals surface area contributed by atoms with Crippen molar-refractivity contribution in [3.05, 3.63) is 304 Å². The van der Waals surface area contributed by atoms with E-state index in [2.05, 4.69) is 250 Å². The topological polar surface area (TPSA) is 12.0 Å². The van der Waals surface area contributed by atoms with Gasteiger partial charge in [-0.05, 0) is 456 Å². The molecule has 0 aromatic heterocycles. The Hall–Kier alpha value is -8.04. The first kappa shape index (κ1) is 81.3. The van der Waals surface area contributed by atoms with Gasteiger partial charge in [-0.1, -0.05) is 310 Å². The molecule has 1 nitrogen and oxygen atoms in total. The van der Waals surface area contributed by atoms with Crippen LogP contribution in [0.2, 0.25) is 0 Å². The third-order valence-corrected chi connectivity index (χ3v) is 42.7. The molecule has 18 aliphatic carbocycles. The Morgan fingerprint density at radius 3 is 0.893 bits per heavy atom. The molecule has 14 fully saturated rings. The minimum absolute atomic E-state index is 0.658. The van der Waals surface area contributed by atoms with E-state index in [1.807, 2.05) is 11.1 Å². The van der Waals surface area contributed by atoms with Gasteiger partial charge in [-0.3, -0.25) is 0 Å². The van der Waals surface area contributed by atoms with Crippen LogP contribution in [0.3, 0.4) is 0 Å². The fourth-order valence-corrected chi connectivity index (χ4v) is 36.7. The van der Waals surface area contributed by atoms with Crippen LogP contribution in [0.15, 0.2) is 210 Å². The van der Waals surface area contributed by atoms with Crippen LogP contribution >= 0.6 is 15.9 Å². The van der Waals surface area contributed by atoms with Crippen molar-refractivity contribution >= 4 is 38.5 Å². The summed E-state index contributed by atoms with van der Waals surface area (Å²) < 4.78 is 1.21. The summed E-state index contributed by atoms with van der Waals surface area (Å²) in [5.41, 5.74) is 44.2. The lowest BCUT2D eigenvalue weighted by atomic mass is 9.13. The summed E-state index contributed by atoms with van der Waals surface area (Å²) in [6.45, 7) is 11.7. The van der Waals surface area contributed by atoms with E-state index in [-0.39, 0.29) is 0 Å². The minimum atomic E-state index is -0.669. The Balaban J connectivity index is 0.664. The van der Waals surface area contributed by atoms with Crippen molar-refractivity contribution in [3.63, 3.8) is 0 Å². The van der Waals surface area contributed by atoms with Crippen molar-refractivity contribution in [1.82, 2.24) is 0 Å². The second-order valence-corrected chi connectivity index (χ2v) is 48.2. The number of hydrogen-bond donors (Lipinski definition) is 1. The predicted octanol–water partition coefficient (Wildman–Crippen LogP) is 33.7. The summed E-state index contributed by atoms with van der Waals surface area (Å²) in [4.78, 5) is 0. The molecule has 2 heteroatoms. The highest BCUT2D eigenvalue weighted by Crippen LogP contribution is 2.93. The molecule has 0 spiro atoms. The van der Waals surface area contributed by atoms with Crippen molar-refractivity contribution < 1.29 is 0 Å². The largest absolute Gasteiger partial charge is 0.356 e. The summed E-state index contributed by atoms with van der Waals surface area (Å²) in [5, 5.41) is 4.03. The molecule has 0 saturated heterocycles. The Kier molecular flexibility index (Phi) is 19.4. The zero-order chi connectivity index (χ0) is 86.7. The fraction of sp³-hybridized carbons (Fsp3) is 0.504. The first-order chi connectivity index (χ1) is 64.7. The molecular formula is C129H140BrN. The lowest BCUT2D eigenvalue weighted by Crippen LogP contribution is -2.87. The normalized spacial score (nSPS) is 33.1. The Bertz CT molecular complexity index is 6170. The van der Waals surface area contributed by atoms with Crippen LogP contribution in [0, 0.1) is 149 Å². The molecule has 10 aromatic carbocycles. The number of rotatable bonds is 34. The minimum Gasteiger partial charge on any atom is -0.356 e. The number of halogens is 1. The van der Waals surface area contributed by atoms with Gasteiger partial charge < -0.3 is 5.32 Å². The van der Waals surface area contributed by atoms with Gasteiger partial charge in [-0.15, -0.1) is 0 Å². The SMILES string of the molecule is CCCCCCCCc1ccc(C2(c3ccc(CCCCCCCC)cc3)c3cc4c(cc3-c3cc5c(cc32)-c2cc3c(cc2C5(c2ccc(CCCCCCCC)cc2)c2ccc(CCCCCCCC)cc2)-c2ccc(Nc5ccc(C)cc5)cc2/C3=C2\CC3C2C2C3C3C5C6C7CCC7C6C5C23)/C(=C2/CC3C2C2C3C3C5C6C7CCC7C6C5C23)c2cc(Br)ccc2-4)cc1. The van der Waals surface area contributed by atoms with Gasteiger partial charge in [0.2, 0.25) is 0 Å². The predicted molar refractivity (Wildman–Crippen MR) is 546 cm³/mol. The van der Waals surface area contributed by atoms with Gasteiger partial charge in [0.15, 0.2) is 0 Å². The molecule has 0 radical (unpaired) electrons. The van der Waals surface area contributed by atoms with Crippen molar-refractivity contribution in [2.75, 3.05) is 5.32 Å². The Morgan fingerprint density at radius 1 is 0.252 bits per heavy atom. The monoisotopic (exact) mass is 1780 g/mol. The number of aryl methyl sites for hydroxylation is 5. The number of allylic oxidation sites excluding steroid dienone is 2. The van der Waals surface area contributed by atoms with Crippen LogP contribution in [0.4, 0.5) is 11.4 Å². The zero-order valence-electron chi connectivity index (χ0n) is 79.3. The average Bonchev–Trinajstić information content (AvgIpc) is 1.23. The average molecular weight is 1780 g/mol. The molecule has 668 valence electrons. The molecule has 0 bridgehead atoms. The first-order valence-corrected chi connectivity index (χ1v) is 55.7. The molecule has 14 saturated carbocycles. The van der Waals surface area contributed by atoms with E-state index in [1.165, 1.54) is 329 Å². The van der Waals surface area contributed by atoms with E-state index in [0.29, 0.717) is 0 Å². The fourth-order valence-electron chi connectivity index (χ4n) is 36.3. The lowest BCUT2D eigenvalue weighted by Gasteiger charge is -2.91. The number of benzene rings is 10.